The average molecular weight is 442 g/mol. The van der Waals surface area contributed by atoms with E-state index in [9.17, 15) is 14.4 Å². The third-order valence-electron chi connectivity index (χ3n) is 6.57. The average Bonchev–Trinajstić information content (AvgIpc) is 3.45. The van der Waals surface area contributed by atoms with Gasteiger partial charge in [0.2, 0.25) is 11.6 Å². The highest BCUT2D eigenvalue weighted by Gasteiger charge is 2.64. The number of rotatable bonds is 5. The lowest BCUT2D eigenvalue weighted by Crippen LogP contribution is -2.69. The molecule has 1 saturated carbocycles. The van der Waals surface area contributed by atoms with E-state index in [4.69, 9.17) is 4.74 Å². The first-order valence-corrected chi connectivity index (χ1v) is 11.1. The van der Waals surface area contributed by atoms with Crippen molar-refractivity contribution in [3.63, 3.8) is 0 Å². The third kappa shape index (κ3) is 2.97. The Bertz CT molecular complexity index is 1270. The highest BCUT2D eigenvalue weighted by Crippen LogP contribution is 2.49. The zero-order valence-electron chi connectivity index (χ0n) is 17.9. The lowest BCUT2D eigenvalue weighted by atomic mass is 9.96. The first-order chi connectivity index (χ1) is 16.1. The third-order valence-corrected chi connectivity index (χ3v) is 6.57. The molecule has 3 aliphatic rings. The van der Waals surface area contributed by atoms with Gasteiger partial charge in [0.25, 0.3) is 5.91 Å². The second-order valence-corrected chi connectivity index (χ2v) is 8.67. The fourth-order valence-electron chi connectivity index (χ4n) is 4.93. The molecule has 1 atom stereocenters. The van der Waals surface area contributed by atoms with Gasteiger partial charge < -0.3 is 9.64 Å². The van der Waals surface area contributed by atoms with Crippen LogP contribution in [0.15, 0.2) is 67.0 Å². The Morgan fingerprint density at radius 3 is 2.61 bits per heavy atom. The van der Waals surface area contributed by atoms with Crippen molar-refractivity contribution in [2.24, 2.45) is 0 Å². The Balaban J connectivity index is 1.32. The summed E-state index contributed by atoms with van der Waals surface area (Å²) in [6, 6.07) is 16.6. The molecule has 2 aliphatic heterocycles. The Hall–Kier alpha value is -3.94. The van der Waals surface area contributed by atoms with Gasteiger partial charge in [-0.2, -0.15) is 5.10 Å². The molecule has 0 N–H and O–H groups in total. The van der Waals surface area contributed by atoms with Gasteiger partial charge in [0.05, 0.1) is 23.1 Å². The molecule has 2 amide bonds. The number of amides is 2. The number of aromatic nitrogens is 2. The van der Waals surface area contributed by atoms with Crippen LogP contribution in [0.1, 0.15) is 41.6 Å². The molecular formula is C25H22N4O4. The van der Waals surface area contributed by atoms with Crippen molar-refractivity contribution in [2.45, 2.75) is 44.0 Å². The van der Waals surface area contributed by atoms with Crippen molar-refractivity contribution in [3.8, 4) is 5.69 Å². The van der Waals surface area contributed by atoms with E-state index in [1.54, 1.807) is 46.2 Å². The molecule has 6 rings (SSSR count). The highest BCUT2D eigenvalue weighted by molar-refractivity contribution is 6.15. The number of ether oxygens (including phenoxy) is 1. The number of fused-ring (bicyclic) bond motifs is 3. The van der Waals surface area contributed by atoms with Crippen LogP contribution in [0.3, 0.4) is 0 Å². The number of nitrogens with zero attached hydrogens (tertiary/aromatic N) is 4. The Kier molecular flexibility index (Phi) is 4.36. The molecule has 3 aromatic rings. The molecule has 8 heteroatoms. The first kappa shape index (κ1) is 19.7. The largest absolute Gasteiger partial charge is 0.458 e. The van der Waals surface area contributed by atoms with Gasteiger partial charge in [-0.1, -0.05) is 30.3 Å². The van der Waals surface area contributed by atoms with E-state index in [0.29, 0.717) is 11.3 Å². The summed E-state index contributed by atoms with van der Waals surface area (Å²) < 4.78 is 7.47. The summed E-state index contributed by atoms with van der Waals surface area (Å²) in [6.45, 7) is 0.00376. The molecule has 8 nitrogen and oxygen atoms in total. The maximum Gasteiger partial charge on any atom is 0.354 e. The molecule has 3 heterocycles. The molecule has 1 saturated heterocycles. The Labute approximate surface area is 190 Å². The maximum absolute atomic E-state index is 13.7. The van der Waals surface area contributed by atoms with E-state index in [0.717, 1.165) is 24.1 Å². The van der Waals surface area contributed by atoms with Gasteiger partial charge in [-0.15, -0.1) is 0 Å². The second kappa shape index (κ2) is 7.30. The summed E-state index contributed by atoms with van der Waals surface area (Å²) in [5, 5.41) is 4.35. The van der Waals surface area contributed by atoms with Crippen LogP contribution in [0, 0.1) is 0 Å². The predicted molar refractivity (Wildman–Crippen MR) is 118 cm³/mol. The van der Waals surface area contributed by atoms with Crippen molar-refractivity contribution in [2.75, 3.05) is 4.90 Å². The highest BCUT2D eigenvalue weighted by atomic mass is 16.5. The van der Waals surface area contributed by atoms with E-state index < -0.39 is 11.6 Å². The number of benzene rings is 2. The molecule has 1 aliphatic carbocycles. The minimum atomic E-state index is -1.43. The summed E-state index contributed by atoms with van der Waals surface area (Å²) in [5.41, 5.74) is 1.12. The summed E-state index contributed by atoms with van der Waals surface area (Å²) in [5.74, 6) is -0.960. The van der Waals surface area contributed by atoms with Crippen molar-refractivity contribution in [3.05, 3.63) is 78.1 Å². The van der Waals surface area contributed by atoms with E-state index in [1.807, 2.05) is 30.3 Å². The van der Waals surface area contributed by atoms with E-state index in [1.165, 1.54) is 4.90 Å². The first-order valence-electron chi connectivity index (χ1n) is 11.1. The fraction of sp³-hybridized carbons (Fsp3) is 0.280. The topological polar surface area (TPSA) is 84.7 Å². The molecule has 0 radical (unpaired) electrons. The van der Waals surface area contributed by atoms with Crippen LogP contribution >= 0.6 is 0 Å². The van der Waals surface area contributed by atoms with Gasteiger partial charge in [-0.25, -0.2) is 9.48 Å². The lowest BCUT2D eigenvalue weighted by Gasteiger charge is -2.48. The van der Waals surface area contributed by atoms with Gasteiger partial charge in [0.1, 0.15) is 6.61 Å². The second-order valence-electron chi connectivity index (χ2n) is 8.67. The van der Waals surface area contributed by atoms with Gasteiger partial charge in [0.15, 0.2) is 0 Å². The molecule has 1 unspecified atom stereocenters. The number of hydrogen-bond donors (Lipinski definition) is 0. The number of hydrogen-bond acceptors (Lipinski definition) is 5. The summed E-state index contributed by atoms with van der Waals surface area (Å²) in [4.78, 5) is 43.2. The zero-order chi connectivity index (χ0) is 22.6. The Morgan fingerprint density at radius 2 is 1.82 bits per heavy atom. The van der Waals surface area contributed by atoms with Crippen LogP contribution in [0.2, 0.25) is 0 Å². The van der Waals surface area contributed by atoms with Crippen molar-refractivity contribution >= 4 is 23.5 Å². The number of esters is 1. The van der Waals surface area contributed by atoms with Crippen LogP contribution in [0.25, 0.3) is 5.69 Å². The summed E-state index contributed by atoms with van der Waals surface area (Å²) in [7, 11) is 0. The number of carbonyl (C=O) groups excluding carboxylic acids is 3. The molecule has 2 aromatic carbocycles. The fourth-order valence-corrected chi connectivity index (χ4v) is 4.93. The molecule has 0 spiro atoms. The van der Waals surface area contributed by atoms with Gasteiger partial charge in [-0.3, -0.25) is 14.5 Å². The number of anilines is 1. The smallest absolute Gasteiger partial charge is 0.354 e. The van der Waals surface area contributed by atoms with E-state index >= 15 is 0 Å². The number of para-hydroxylation sites is 2. The predicted octanol–water partition coefficient (Wildman–Crippen LogP) is 3.06. The maximum atomic E-state index is 13.7. The van der Waals surface area contributed by atoms with Crippen molar-refractivity contribution in [1.29, 1.82) is 0 Å². The normalized spacial score (nSPS) is 21.7. The van der Waals surface area contributed by atoms with Crippen LogP contribution in [-0.2, 0) is 20.9 Å². The number of carbonyl (C=O) groups is 3. The summed E-state index contributed by atoms with van der Waals surface area (Å²) in [6.07, 6.45) is 5.49. The molecule has 166 valence electrons. The van der Waals surface area contributed by atoms with E-state index in [2.05, 4.69) is 5.10 Å². The minimum Gasteiger partial charge on any atom is -0.458 e. The lowest BCUT2D eigenvalue weighted by molar-refractivity contribution is -0.159. The van der Waals surface area contributed by atoms with Crippen LogP contribution < -0.4 is 4.90 Å². The van der Waals surface area contributed by atoms with Gasteiger partial charge in [-0.05, 0) is 37.1 Å². The zero-order valence-corrected chi connectivity index (χ0v) is 17.9. The molecule has 0 bridgehead atoms. The molecule has 1 aromatic heterocycles. The van der Waals surface area contributed by atoms with Crippen LogP contribution in [0.4, 0.5) is 5.69 Å². The Morgan fingerprint density at radius 1 is 1.06 bits per heavy atom. The molecular weight excluding hydrogens is 420 g/mol. The van der Waals surface area contributed by atoms with Crippen LogP contribution in [0.5, 0.6) is 0 Å². The molecule has 33 heavy (non-hydrogen) atoms. The van der Waals surface area contributed by atoms with Crippen molar-refractivity contribution < 1.29 is 19.1 Å². The standard InChI is InChI=1S/C25H22N4O4/c30-22-12-13-25(24(32)33-16-17-14-26-27(15-17)18-6-2-1-3-7-18)28(19-10-11-19)23(31)20-8-4-5-9-21(20)29(22)25/h1-9,14-15,19H,10-13,16H2. The van der Waals surface area contributed by atoms with Gasteiger partial charge in [0, 0.05) is 30.6 Å². The monoisotopic (exact) mass is 442 g/mol. The minimum absolute atomic E-state index is 0.00376. The van der Waals surface area contributed by atoms with Crippen LogP contribution in [-0.4, -0.2) is 44.2 Å². The van der Waals surface area contributed by atoms with Crippen molar-refractivity contribution in [1.82, 2.24) is 14.7 Å². The SMILES string of the molecule is O=C1CCC2(C(=O)OCc3cnn(-c4ccccc4)c3)N1c1ccccc1C(=O)N2C1CC1. The van der Waals surface area contributed by atoms with E-state index in [-0.39, 0.29) is 37.3 Å². The molecule has 2 fully saturated rings. The van der Waals surface area contributed by atoms with Gasteiger partial charge >= 0.3 is 5.97 Å². The quantitative estimate of drug-likeness (QED) is 0.567. The summed E-state index contributed by atoms with van der Waals surface area (Å²) >= 11 is 0.